The Hall–Kier alpha value is -1.46. The lowest BCUT2D eigenvalue weighted by atomic mass is 10.3. The SMILES string of the molecule is CCNc1nc(N(C)Cc2cnn(C)c2)c(Cl)cc1Cl. The predicted molar refractivity (Wildman–Crippen MR) is 83.7 cm³/mol. The van der Waals surface area contributed by atoms with Gasteiger partial charge < -0.3 is 10.2 Å². The van der Waals surface area contributed by atoms with Crippen molar-refractivity contribution in [3.05, 3.63) is 34.1 Å². The molecule has 0 aliphatic rings. The second-order valence-electron chi connectivity index (χ2n) is 4.53. The largest absolute Gasteiger partial charge is 0.369 e. The van der Waals surface area contributed by atoms with Gasteiger partial charge in [-0.3, -0.25) is 4.68 Å². The highest BCUT2D eigenvalue weighted by molar-refractivity contribution is 6.37. The highest BCUT2D eigenvalue weighted by Gasteiger charge is 2.13. The zero-order valence-electron chi connectivity index (χ0n) is 11.7. The minimum Gasteiger partial charge on any atom is -0.369 e. The Bertz CT molecular complexity index is 596. The number of aryl methyl sites for hydroxylation is 1. The molecule has 1 N–H and O–H groups in total. The number of pyridine rings is 1. The Balaban J connectivity index is 2.24. The number of hydrogen-bond donors (Lipinski definition) is 1. The summed E-state index contributed by atoms with van der Waals surface area (Å²) in [5.74, 6) is 1.34. The van der Waals surface area contributed by atoms with E-state index in [1.165, 1.54) is 0 Å². The molecule has 0 saturated heterocycles. The molecule has 0 aliphatic carbocycles. The van der Waals surface area contributed by atoms with Gasteiger partial charge in [0.25, 0.3) is 0 Å². The fourth-order valence-corrected chi connectivity index (χ4v) is 2.49. The standard InChI is InChI=1S/C13H17Cl2N5/c1-4-16-12-10(14)5-11(15)13(18-12)19(2)7-9-6-17-20(3)8-9/h5-6,8H,4,7H2,1-3H3,(H,16,18). The van der Waals surface area contributed by atoms with Crippen LogP contribution < -0.4 is 10.2 Å². The molecule has 0 spiro atoms. The topological polar surface area (TPSA) is 46.0 Å². The summed E-state index contributed by atoms with van der Waals surface area (Å²) in [5, 5.41) is 8.33. The van der Waals surface area contributed by atoms with Gasteiger partial charge in [-0.15, -0.1) is 0 Å². The molecular weight excluding hydrogens is 297 g/mol. The lowest BCUT2D eigenvalue weighted by molar-refractivity contribution is 0.766. The number of anilines is 2. The lowest BCUT2D eigenvalue weighted by Gasteiger charge is -2.20. The molecule has 0 unspecified atom stereocenters. The van der Waals surface area contributed by atoms with E-state index in [1.54, 1.807) is 10.7 Å². The molecule has 2 heterocycles. The van der Waals surface area contributed by atoms with Crippen molar-refractivity contribution in [3.8, 4) is 0 Å². The van der Waals surface area contributed by atoms with Crippen LogP contribution in [0.15, 0.2) is 18.5 Å². The van der Waals surface area contributed by atoms with Crippen LogP contribution in [0, 0.1) is 0 Å². The minimum atomic E-state index is 0.523. The molecule has 2 rings (SSSR count). The number of nitrogens with zero attached hydrogens (tertiary/aromatic N) is 4. The summed E-state index contributed by atoms with van der Waals surface area (Å²) in [4.78, 5) is 6.46. The van der Waals surface area contributed by atoms with E-state index in [0.717, 1.165) is 12.1 Å². The van der Waals surface area contributed by atoms with E-state index in [-0.39, 0.29) is 0 Å². The first kappa shape index (κ1) is 14.9. The van der Waals surface area contributed by atoms with Gasteiger partial charge in [-0.05, 0) is 13.0 Å². The van der Waals surface area contributed by atoms with Crippen LogP contribution in [0.25, 0.3) is 0 Å². The van der Waals surface area contributed by atoms with Gasteiger partial charge in [-0.2, -0.15) is 5.10 Å². The van der Waals surface area contributed by atoms with Crippen LogP contribution in [-0.2, 0) is 13.6 Å². The molecular formula is C13H17Cl2N5. The van der Waals surface area contributed by atoms with Crippen molar-refractivity contribution in [1.82, 2.24) is 14.8 Å². The summed E-state index contributed by atoms with van der Waals surface area (Å²) < 4.78 is 1.77. The maximum absolute atomic E-state index is 6.23. The average Bonchev–Trinajstić information content (AvgIpc) is 2.78. The van der Waals surface area contributed by atoms with Gasteiger partial charge in [0.15, 0.2) is 0 Å². The molecule has 20 heavy (non-hydrogen) atoms. The smallest absolute Gasteiger partial charge is 0.149 e. The number of rotatable bonds is 5. The van der Waals surface area contributed by atoms with Gasteiger partial charge in [-0.25, -0.2) is 4.98 Å². The van der Waals surface area contributed by atoms with Crippen molar-refractivity contribution < 1.29 is 0 Å². The first-order valence-electron chi connectivity index (χ1n) is 6.29. The van der Waals surface area contributed by atoms with Crippen molar-refractivity contribution in [2.45, 2.75) is 13.5 Å². The van der Waals surface area contributed by atoms with E-state index in [2.05, 4.69) is 15.4 Å². The van der Waals surface area contributed by atoms with E-state index >= 15 is 0 Å². The van der Waals surface area contributed by atoms with Crippen LogP contribution in [-0.4, -0.2) is 28.4 Å². The molecule has 108 valence electrons. The average molecular weight is 314 g/mol. The van der Waals surface area contributed by atoms with Crippen molar-refractivity contribution in [2.75, 3.05) is 23.8 Å². The number of halogens is 2. The third-order valence-corrected chi connectivity index (χ3v) is 3.36. The minimum absolute atomic E-state index is 0.523. The summed E-state index contributed by atoms with van der Waals surface area (Å²) in [6.07, 6.45) is 3.79. The quantitative estimate of drug-likeness (QED) is 0.921. The molecule has 0 fully saturated rings. The van der Waals surface area contributed by atoms with Crippen LogP contribution in [0.4, 0.5) is 11.6 Å². The number of hydrogen-bond acceptors (Lipinski definition) is 4. The monoisotopic (exact) mass is 313 g/mol. The molecule has 2 aromatic rings. The van der Waals surface area contributed by atoms with Gasteiger partial charge in [-0.1, -0.05) is 23.2 Å². The molecule has 7 heteroatoms. The Morgan fingerprint density at radius 1 is 1.35 bits per heavy atom. The second-order valence-corrected chi connectivity index (χ2v) is 5.35. The maximum Gasteiger partial charge on any atom is 0.149 e. The molecule has 2 aromatic heterocycles. The number of aromatic nitrogens is 3. The van der Waals surface area contributed by atoms with E-state index < -0.39 is 0 Å². The van der Waals surface area contributed by atoms with E-state index in [0.29, 0.717) is 28.2 Å². The highest BCUT2D eigenvalue weighted by atomic mass is 35.5. The normalized spacial score (nSPS) is 10.7. The molecule has 5 nitrogen and oxygen atoms in total. The summed E-state index contributed by atoms with van der Waals surface area (Å²) in [6.45, 7) is 3.42. The highest BCUT2D eigenvalue weighted by Crippen LogP contribution is 2.31. The molecule has 0 aliphatic heterocycles. The van der Waals surface area contributed by atoms with Crippen molar-refractivity contribution >= 4 is 34.8 Å². The van der Waals surface area contributed by atoms with E-state index in [1.807, 2.05) is 38.3 Å². The molecule has 0 saturated carbocycles. The fourth-order valence-electron chi connectivity index (χ4n) is 1.92. The lowest BCUT2D eigenvalue weighted by Crippen LogP contribution is -2.18. The first-order valence-corrected chi connectivity index (χ1v) is 7.05. The van der Waals surface area contributed by atoms with E-state index in [9.17, 15) is 0 Å². The summed E-state index contributed by atoms with van der Waals surface area (Å²) in [5.41, 5.74) is 1.09. The zero-order valence-corrected chi connectivity index (χ0v) is 13.2. The molecule has 0 atom stereocenters. The van der Waals surface area contributed by atoms with E-state index in [4.69, 9.17) is 23.2 Å². The Morgan fingerprint density at radius 3 is 2.70 bits per heavy atom. The van der Waals surface area contributed by atoms with Gasteiger partial charge in [0.2, 0.25) is 0 Å². The van der Waals surface area contributed by atoms with Crippen LogP contribution in [0.3, 0.4) is 0 Å². The summed E-state index contributed by atoms with van der Waals surface area (Å²) >= 11 is 12.3. The van der Waals surface area contributed by atoms with Crippen LogP contribution >= 0.6 is 23.2 Å². The maximum atomic E-state index is 6.23. The van der Waals surface area contributed by atoms with Gasteiger partial charge >= 0.3 is 0 Å². The van der Waals surface area contributed by atoms with Gasteiger partial charge in [0.05, 0.1) is 16.2 Å². The fraction of sp³-hybridized carbons (Fsp3) is 0.385. The Morgan fingerprint density at radius 2 is 2.10 bits per heavy atom. The summed E-state index contributed by atoms with van der Waals surface area (Å²) in [7, 11) is 3.82. The summed E-state index contributed by atoms with van der Waals surface area (Å²) in [6, 6.07) is 1.71. The van der Waals surface area contributed by atoms with Gasteiger partial charge in [0, 0.05) is 38.9 Å². The Labute approximate surface area is 128 Å². The first-order chi connectivity index (χ1) is 9.51. The van der Waals surface area contributed by atoms with Crippen molar-refractivity contribution in [1.29, 1.82) is 0 Å². The van der Waals surface area contributed by atoms with Crippen LogP contribution in [0.2, 0.25) is 10.0 Å². The molecule has 0 bridgehead atoms. The van der Waals surface area contributed by atoms with Crippen molar-refractivity contribution in [2.24, 2.45) is 7.05 Å². The Kier molecular flexibility index (Phi) is 4.73. The van der Waals surface area contributed by atoms with Crippen LogP contribution in [0.5, 0.6) is 0 Å². The van der Waals surface area contributed by atoms with Crippen molar-refractivity contribution in [3.63, 3.8) is 0 Å². The molecule has 0 aromatic carbocycles. The second kappa shape index (κ2) is 6.33. The molecule has 0 radical (unpaired) electrons. The van der Waals surface area contributed by atoms with Gasteiger partial charge in [0.1, 0.15) is 11.6 Å². The number of nitrogens with one attached hydrogen (secondary N) is 1. The molecule has 0 amide bonds. The zero-order chi connectivity index (χ0) is 14.7. The third-order valence-electron chi connectivity index (χ3n) is 2.79. The predicted octanol–water partition coefficient (Wildman–Crippen LogP) is 3.19. The third kappa shape index (κ3) is 3.35. The van der Waals surface area contributed by atoms with Crippen LogP contribution in [0.1, 0.15) is 12.5 Å².